The third-order valence-corrected chi connectivity index (χ3v) is 13.7. The average Bonchev–Trinajstić information content (AvgIpc) is 3.77. The summed E-state index contributed by atoms with van der Waals surface area (Å²) in [4.78, 5) is 15.8. The molecule has 2 bridgehead atoms. The highest BCUT2D eigenvalue weighted by atomic mass is 15.5. The molecule has 6 aromatic rings. The molecule has 0 spiro atoms. The van der Waals surface area contributed by atoms with E-state index in [2.05, 4.69) is 185 Å². The van der Waals surface area contributed by atoms with Crippen molar-refractivity contribution in [3.8, 4) is 17.1 Å². The van der Waals surface area contributed by atoms with Gasteiger partial charge in [-0.15, -0.1) is 0 Å². The van der Waals surface area contributed by atoms with Gasteiger partial charge in [-0.1, -0.05) is 122 Å². The molecule has 0 amide bonds. The maximum absolute atomic E-state index is 5.46. The molecule has 6 nitrogen and oxygen atoms in total. The van der Waals surface area contributed by atoms with Crippen LogP contribution in [0, 0.1) is 12.3 Å². The van der Waals surface area contributed by atoms with Crippen molar-refractivity contribution in [2.45, 2.75) is 111 Å². The molecule has 0 saturated heterocycles. The molecule has 0 radical (unpaired) electrons. The van der Waals surface area contributed by atoms with Crippen molar-refractivity contribution >= 4 is 23.0 Å². The zero-order valence-electron chi connectivity index (χ0n) is 34.0. The van der Waals surface area contributed by atoms with Crippen molar-refractivity contribution in [3.63, 3.8) is 0 Å². The van der Waals surface area contributed by atoms with E-state index in [0.717, 1.165) is 42.4 Å². The molecule has 0 N–H and O–H groups in total. The van der Waals surface area contributed by atoms with Crippen LogP contribution in [0.1, 0.15) is 119 Å². The van der Waals surface area contributed by atoms with Gasteiger partial charge in [0.05, 0.1) is 22.9 Å². The Morgan fingerprint density at radius 1 is 0.818 bits per heavy atom. The molecular weight excluding hydrogens is 673 g/mol. The van der Waals surface area contributed by atoms with E-state index < -0.39 is 0 Å². The number of imidazole rings is 1. The summed E-state index contributed by atoms with van der Waals surface area (Å²) in [5, 5.41) is 0. The molecule has 9 rings (SSSR count). The van der Waals surface area contributed by atoms with Crippen molar-refractivity contribution in [1.82, 2.24) is 14.5 Å². The molecule has 2 aromatic heterocycles. The first-order chi connectivity index (χ1) is 26.5. The van der Waals surface area contributed by atoms with E-state index >= 15 is 0 Å². The number of benzene rings is 4. The van der Waals surface area contributed by atoms with Gasteiger partial charge >= 0.3 is 0 Å². The van der Waals surface area contributed by atoms with Crippen LogP contribution >= 0.6 is 0 Å². The number of anilines is 4. The topological polar surface area (TPSA) is 41.1 Å². The fraction of sp³-hybridized carbons (Fsp3) is 0.367. The van der Waals surface area contributed by atoms with Gasteiger partial charge in [-0.25, -0.2) is 14.5 Å². The molecule has 0 aliphatic carbocycles. The van der Waals surface area contributed by atoms with Crippen LogP contribution in [0.3, 0.4) is 0 Å². The van der Waals surface area contributed by atoms with Crippen LogP contribution in [0.15, 0.2) is 110 Å². The molecule has 3 unspecified atom stereocenters. The zero-order valence-corrected chi connectivity index (χ0v) is 34.0. The van der Waals surface area contributed by atoms with Crippen molar-refractivity contribution in [2.75, 3.05) is 9.80 Å². The summed E-state index contributed by atoms with van der Waals surface area (Å²) in [6.07, 6.45) is 8.63. The molecule has 4 aromatic carbocycles. The lowest BCUT2D eigenvalue weighted by Crippen LogP contribution is -2.67. The third kappa shape index (κ3) is 4.95. The van der Waals surface area contributed by atoms with E-state index in [4.69, 9.17) is 9.97 Å². The number of nitrogens with zero attached hydrogens (tertiary/aromatic N) is 6. The predicted octanol–water partition coefficient (Wildman–Crippen LogP) is 11.6. The number of aromatic nitrogens is 4. The minimum absolute atomic E-state index is 0.0929. The number of hydrogen-bond acceptors (Lipinski definition) is 4. The fourth-order valence-electron chi connectivity index (χ4n) is 10.7. The second-order valence-electron chi connectivity index (χ2n) is 17.1. The molecule has 6 heteroatoms. The van der Waals surface area contributed by atoms with Gasteiger partial charge in [0.2, 0.25) is 0 Å². The molecule has 3 aliphatic rings. The second kappa shape index (κ2) is 12.9. The Morgan fingerprint density at radius 3 is 2.29 bits per heavy atom. The predicted molar refractivity (Wildman–Crippen MR) is 225 cm³/mol. The normalized spacial score (nSPS) is 20.4. The van der Waals surface area contributed by atoms with Crippen LogP contribution in [-0.2, 0) is 12.0 Å². The summed E-state index contributed by atoms with van der Waals surface area (Å²) in [6, 6.07) is 34.2. The van der Waals surface area contributed by atoms with Gasteiger partial charge in [0.1, 0.15) is 30.8 Å². The lowest BCUT2D eigenvalue weighted by Gasteiger charge is -2.59. The van der Waals surface area contributed by atoms with Gasteiger partial charge in [0.15, 0.2) is 11.6 Å². The Balaban J connectivity index is 1.34. The summed E-state index contributed by atoms with van der Waals surface area (Å²) in [5.74, 6) is 4.03. The monoisotopic (exact) mass is 727 g/mol. The van der Waals surface area contributed by atoms with Gasteiger partial charge in [-0.05, 0) is 72.6 Å². The lowest BCUT2D eigenvalue weighted by molar-refractivity contribution is -0.700. The molecule has 55 heavy (non-hydrogen) atoms. The smallest absolute Gasteiger partial charge is 0.294 e. The summed E-state index contributed by atoms with van der Waals surface area (Å²) in [5.41, 5.74) is 12.3. The van der Waals surface area contributed by atoms with Gasteiger partial charge in [0.25, 0.3) is 5.82 Å². The quantitative estimate of drug-likeness (QED) is 0.154. The maximum Gasteiger partial charge on any atom is 0.294 e. The molecule has 3 atom stereocenters. The minimum Gasteiger partial charge on any atom is -0.301 e. The Bertz CT molecular complexity index is 2420. The van der Waals surface area contributed by atoms with Crippen molar-refractivity contribution in [2.24, 2.45) is 5.41 Å². The summed E-state index contributed by atoms with van der Waals surface area (Å²) in [7, 11) is 0. The Hall–Kier alpha value is -5.23. The molecule has 280 valence electrons. The molecule has 3 aliphatic heterocycles. The Kier molecular flexibility index (Phi) is 8.34. The van der Waals surface area contributed by atoms with Crippen LogP contribution in [0.2, 0.25) is 0 Å². The van der Waals surface area contributed by atoms with Crippen LogP contribution in [0.4, 0.5) is 23.0 Å². The van der Waals surface area contributed by atoms with E-state index in [-0.39, 0.29) is 28.8 Å². The van der Waals surface area contributed by atoms with E-state index in [9.17, 15) is 0 Å². The SMILES string of the molecule is CCC1(CC)c2ccccc2N2c3ncc(C(C)C)nc3N(c3ccccc3)C2C1(C)C[n+]1ccn2c1-c1cc(ccc1C)C(C)c1cccc(C(C)C)c1-2. The number of rotatable bonds is 7. The van der Waals surface area contributed by atoms with Crippen molar-refractivity contribution < 1.29 is 4.57 Å². The van der Waals surface area contributed by atoms with Crippen LogP contribution in [-0.4, -0.2) is 20.7 Å². The summed E-state index contributed by atoms with van der Waals surface area (Å²) < 4.78 is 5.13. The van der Waals surface area contributed by atoms with Crippen molar-refractivity contribution in [3.05, 3.63) is 143 Å². The summed E-state index contributed by atoms with van der Waals surface area (Å²) in [6.45, 7) is 21.9. The van der Waals surface area contributed by atoms with E-state index in [1.165, 1.54) is 50.6 Å². The first kappa shape index (κ1) is 35.5. The molecule has 0 fully saturated rings. The number of hydrogen-bond donors (Lipinski definition) is 0. The average molecular weight is 728 g/mol. The Labute approximate surface area is 327 Å². The highest BCUT2D eigenvalue weighted by Crippen LogP contribution is 2.64. The van der Waals surface area contributed by atoms with Crippen LogP contribution in [0.5, 0.6) is 0 Å². The number of fused-ring (bicyclic) bond motifs is 11. The van der Waals surface area contributed by atoms with E-state index in [0.29, 0.717) is 5.92 Å². The largest absolute Gasteiger partial charge is 0.301 e. The minimum atomic E-state index is -0.337. The van der Waals surface area contributed by atoms with E-state index in [1.54, 1.807) is 0 Å². The van der Waals surface area contributed by atoms with Crippen molar-refractivity contribution in [1.29, 1.82) is 0 Å². The zero-order chi connectivity index (χ0) is 38.4. The third-order valence-electron chi connectivity index (χ3n) is 13.7. The second-order valence-corrected chi connectivity index (χ2v) is 17.1. The Morgan fingerprint density at radius 2 is 1.56 bits per heavy atom. The highest BCUT2D eigenvalue weighted by Gasteiger charge is 2.64. The van der Waals surface area contributed by atoms with Gasteiger partial charge in [0, 0.05) is 33.8 Å². The molecular formula is C49H55N6+. The molecule has 5 heterocycles. The van der Waals surface area contributed by atoms with E-state index in [1.807, 2.05) is 6.20 Å². The number of aryl methyl sites for hydroxylation is 1. The number of para-hydroxylation sites is 3. The maximum atomic E-state index is 5.46. The van der Waals surface area contributed by atoms with Gasteiger partial charge in [-0.2, -0.15) is 4.57 Å². The van der Waals surface area contributed by atoms with Crippen LogP contribution < -0.4 is 14.4 Å². The van der Waals surface area contributed by atoms with Gasteiger partial charge in [-0.3, -0.25) is 0 Å². The lowest BCUT2D eigenvalue weighted by atomic mass is 9.53. The summed E-state index contributed by atoms with van der Waals surface area (Å²) >= 11 is 0. The fourth-order valence-corrected chi connectivity index (χ4v) is 10.7. The van der Waals surface area contributed by atoms with Crippen LogP contribution in [0.25, 0.3) is 17.1 Å². The first-order valence-electron chi connectivity index (χ1n) is 20.5. The first-order valence-corrected chi connectivity index (χ1v) is 20.5. The van der Waals surface area contributed by atoms with Gasteiger partial charge < -0.3 is 9.80 Å². The highest BCUT2D eigenvalue weighted by molar-refractivity contribution is 5.87. The molecule has 0 saturated carbocycles. The standard InChI is InChI=1S/C49H55N6/c1-10-49(11-2)40-22-15-16-23-42(40)55-44-45(51-41(29-50-44)32(5)6)54(36-18-13-12-14-19-36)47(55)48(49,9)30-52-26-27-53-43-37(31(3)4)20-17-21-38(43)34(8)35-25-24-33(7)39(28-35)46(52)53/h12-29,31-32,34,47H,10-11,30H2,1-9H3/q+1.